The molecule has 0 spiro atoms. The molecule has 8 rings (SSSR count). The Bertz CT molecular complexity index is 3840. The number of aliphatic hydroxyl groups is 1. The number of halogens is 6. The Morgan fingerprint density at radius 1 is 0.587 bits per heavy atom. The lowest BCUT2D eigenvalue weighted by Crippen LogP contribution is -2.41. The van der Waals surface area contributed by atoms with Crippen molar-refractivity contribution in [2.24, 2.45) is 0 Å². The standard InChI is InChI=1S/C27H24F3N5O3.C26H20F3N5O3/c1-16(2)34-24(36)21(15-33(25(34)37)20-8-6-7-17(13-20)27(28,29)30)23-22(26(3,4)38)14-32-35(23)19-11-9-18(31-5)10-12-19;1-15(2)33-24(36)22(14-32(25(33)37)20-7-5-6-17(12-20)26(27,28)29)23-21(16(3)35)13-31-34(23)19-10-8-18(30-4)9-11-19/h6-16,38H,1-4H3;5-15H,1-3H3. The Hall–Kier alpha value is -9.15. The van der Waals surface area contributed by atoms with E-state index in [-0.39, 0.29) is 45.0 Å². The number of benzene rings is 4. The number of hydrogen-bond acceptors (Lipinski definition) is 8. The zero-order valence-electron chi connectivity index (χ0n) is 40.9. The van der Waals surface area contributed by atoms with Crippen LogP contribution in [0.4, 0.5) is 37.7 Å². The van der Waals surface area contributed by atoms with Crippen molar-refractivity contribution in [2.45, 2.75) is 78.5 Å². The summed E-state index contributed by atoms with van der Waals surface area (Å²) in [6.45, 7) is 25.0. The van der Waals surface area contributed by atoms with Gasteiger partial charge in [-0.15, -0.1) is 0 Å². The second-order valence-corrected chi connectivity index (χ2v) is 18.0. The van der Waals surface area contributed by atoms with Gasteiger partial charge in [0.05, 0.1) is 93.1 Å². The first-order valence-electron chi connectivity index (χ1n) is 22.7. The quantitative estimate of drug-likeness (QED) is 0.0802. The van der Waals surface area contributed by atoms with E-state index >= 15 is 0 Å². The minimum atomic E-state index is -4.65. The molecule has 0 atom stereocenters. The van der Waals surface area contributed by atoms with Gasteiger partial charge in [0, 0.05) is 30.0 Å². The number of alkyl halides is 6. The number of Topliss-reactive ketones (excluding diaryl/α,β-unsaturated/α-hetero) is 1. The summed E-state index contributed by atoms with van der Waals surface area (Å²) in [6, 6.07) is 19.7. The van der Waals surface area contributed by atoms with Gasteiger partial charge < -0.3 is 5.11 Å². The van der Waals surface area contributed by atoms with Crippen LogP contribution < -0.4 is 22.5 Å². The number of aromatic nitrogens is 8. The fourth-order valence-corrected chi connectivity index (χ4v) is 8.06. The second kappa shape index (κ2) is 20.4. The molecule has 4 aromatic heterocycles. The van der Waals surface area contributed by atoms with Gasteiger partial charge in [0.15, 0.2) is 17.2 Å². The van der Waals surface area contributed by atoms with Crippen molar-refractivity contribution in [3.05, 3.63) is 209 Å². The van der Waals surface area contributed by atoms with Gasteiger partial charge in [-0.3, -0.25) is 32.7 Å². The molecule has 0 aliphatic carbocycles. The monoisotopic (exact) mass is 1030 g/mol. The molecule has 384 valence electrons. The van der Waals surface area contributed by atoms with Gasteiger partial charge in [0.2, 0.25) is 0 Å². The Morgan fingerprint density at radius 3 is 1.33 bits per heavy atom. The molecule has 0 aliphatic heterocycles. The first-order chi connectivity index (χ1) is 35.2. The molecule has 0 unspecified atom stereocenters. The minimum absolute atomic E-state index is 0.0559. The largest absolute Gasteiger partial charge is 0.416 e. The molecule has 75 heavy (non-hydrogen) atoms. The highest BCUT2D eigenvalue weighted by molar-refractivity contribution is 6.00. The highest BCUT2D eigenvalue weighted by Gasteiger charge is 2.34. The molecule has 0 aliphatic rings. The maximum atomic E-state index is 13.7. The third-order valence-corrected chi connectivity index (χ3v) is 11.7. The average Bonchev–Trinajstić information content (AvgIpc) is 4.01. The van der Waals surface area contributed by atoms with Crippen molar-refractivity contribution in [2.75, 3.05) is 0 Å². The van der Waals surface area contributed by atoms with Gasteiger partial charge >= 0.3 is 23.7 Å². The van der Waals surface area contributed by atoms with Crippen molar-refractivity contribution in [3.63, 3.8) is 0 Å². The Kier molecular flexibility index (Phi) is 14.6. The molecule has 0 radical (unpaired) electrons. The third kappa shape index (κ3) is 10.7. The lowest BCUT2D eigenvalue weighted by molar-refractivity contribution is -0.138. The van der Waals surface area contributed by atoms with Crippen LogP contribution in [0.15, 0.2) is 141 Å². The summed E-state index contributed by atoms with van der Waals surface area (Å²) in [5, 5.41) is 19.5. The SMILES string of the molecule is [C-]#[N+]c1ccc(-n2ncc(C(C)(C)O)c2-c2cn(-c3cccc(C(F)(F)F)c3)c(=O)n(C(C)C)c2=O)cc1.[C-]#[N+]c1ccc(-n2ncc(C(C)=O)c2-c2cn(-c3cccc(C(F)(F)F)c3)c(=O)n(C(C)C)c2=O)cc1. The summed E-state index contributed by atoms with van der Waals surface area (Å²) in [5.74, 6) is -0.411. The Morgan fingerprint density at radius 2 is 0.973 bits per heavy atom. The summed E-state index contributed by atoms with van der Waals surface area (Å²) < 4.78 is 87.0. The molecule has 4 heterocycles. The van der Waals surface area contributed by atoms with Gasteiger partial charge in [0.25, 0.3) is 11.1 Å². The number of carbonyl (C=O) groups excluding carboxylic acids is 1. The predicted molar refractivity (Wildman–Crippen MR) is 266 cm³/mol. The van der Waals surface area contributed by atoms with Gasteiger partial charge in [0.1, 0.15) is 0 Å². The van der Waals surface area contributed by atoms with E-state index in [0.717, 1.165) is 48.7 Å². The van der Waals surface area contributed by atoms with E-state index in [1.807, 2.05) is 0 Å². The Balaban J connectivity index is 0.000000219. The second-order valence-electron chi connectivity index (χ2n) is 18.0. The number of hydrogen-bond donors (Lipinski definition) is 1. The number of rotatable bonds is 10. The van der Waals surface area contributed by atoms with Crippen molar-refractivity contribution >= 4 is 17.2 Å². The van der Waals surface area contributed by atoms with Crippen LogP contribution in [0, 0.1) is 13.1 Å². The highest BCUT2D eigenvalue weighted by atomic mass is 19.4. The molecule has 22 heteroatoms. The maximum absolute atomic E-state index is 13.7. The van der Waals surface area contributed by atoms with Crippen LogP contribution in [-0.4, -0.2) is 48.7 Å². The van der Waals surface area contributed by atoms with Gasteiger partial charge in [-0.2, -0.15) is 36.5 Å². The van der Waals surface area contributed by atoms with E-state index in [9.17, 15) is 55.4 Å². The third-order valence-electron chi connectivity index (χ3n) is 11.7. The van der Waals surface area contributed by atoms with E-state index in [1.54, 1.807) is 64.1 Å². The fourth-order valence-electron chi connectivity index (χ4n) is 8.06. The maximum Gasteiger partial charge on any atom is 0.416 e. The van der Waals surface area contributed by atoms with Gasteiger partial charge in [-0.1, -0.05) is 36.4 Å². The molecule has 0 fully saturated rings. The predicted octanol–water partition coefficient (Wildman–Crippen LogP) is 10.4. The van der Waals surface area contributed by atoms with Crippen molar-refractivity contribution in [3.8, 4) is 45.3 Å². The summed E-state index contributed by atoms with van der Waals surface area (Å²) in [6.07, 6.45) is -4.32. The average molecular weight is 1030 g/mol. The lowest BCUT2D eigenvalue weighted by atomic mass is 9.96. The van der Waals surface area contributed by atoms with Gasteiger partial charge in [-0.05, 0) is 109 Å². The van der Waals surface area contributed by atoms with Crippen LogP contribution >= 0.6 is 0 Å². The molecule has 4 aromatic carbocycles. The topological polar surface area (TPSA) is 170 Å². The van der Waals surface area contributed by atoms with E-state index in [1.165, 1.54) is 85.1 Å². The molecule has 8 aromatic rings. The zero-order valence-corrected chi connectivity index (χ0v) is 40.9. The minimum Gasteiger partial charge on any atom is -0.386 e. The van der Waals surface area contributed by atoms with Gasteiger partial charge in [-0.25, -0.2) is 28.6 Å². The lowest BCUT2D eigenvalue weighted by Gasteiger charge is -2.21. The van der Waals surface area contributed by atoms with Crippen LogP contribution in [0.25, 0.3) is 55.0 Å². The smallest absolute Gasteiger partial charge is 0.386 e. The molecule has 0 saturated heterocycles. The first-order valence-corrected chi connectivity index (χ1v) is 22.7. The summed E-state index contributed by atoms with van der Waals surface area (Å²) >= 11 is 0. The Labute approximate surface area is 422 Å². The molecule has 0 bridgehead atoms. The number of ketones is 1. The van der Waals surface area contributed by atoms with E-state index in [0.29, 0.717) is 22.7 Å². The number of nitrogens with zero attached hydrogens (tertiary/aromatic N) is 10. The van der Waals surface area contributed by atoms with Crippen molar-refractivity contribution < 1.29 is 36.2 Å². The van der Waals surface area contributed by atoms with Crippen LogP contribution in [0.5, 0.6) is 0 Å². The number of carbonyl (C=O) groups is 1. The van der Waals surface area contributed by atoms with Crippen LogP contribution in [0.3, 0.4) is 0 Å². The normalized spacial score (nSPS) is 11.8. The molecule has 0 saturated carbocycles. The molecule has 0 amide bonds. The summed E-state index contributed by atoms with van der Waals surface area (Å²) in [7, 11) is 0. The fraction of sp³-hybridized carbons (Fsp3) is 0.226. The van der Waals surface area contributed by atoms with E-state index < -0.39 is 69.4 Å². The van der Waals surface area contributed by atoms with Crippen LogP contribution in [-0.2, 0) is 18.0 Å². The highest BCUT2D eigenvalue weighted by Crippen LogP contribution is 2.35. The molecular weight excluding hydrogens is 987 g/mol. The van der Waals surface area contributed by atoms with Crippen molar-refractivity contribution in [1.29, 1.82) is 0 Å². The van der Waals surface area contributed by atoms with Crippen molar-refractivity contribution in [1.82, 2.24) is 37.8 Å². The zero-order chi connectivity index (χ0) is 55.1. The molecular formula is C53H44F6N10O6. The van der Waals surface area contributed by atoms with Crippen LogP contribution in [0.2, 0.25) is 0 Å². The van der Waals surface area contributed by atoms with E-state index in [2.05, 4.69) is 19.9 Å². The molecule has 16 nitrogen and oxygen atoms in total. The summed E-state index contributed by atoms with van der Waals surface area (Å²) in [4.78, 5) is 73.1. The molecule has 1 N–H and O–H groups in total. The van der Waals surface area contributed by atoms with E-state index in [4.69, 9.17) is 13.1 Å². The summed E-state index contributed by atoms with van der Waals surface area (Å²) in [5.41, 5.74) is -4.60. The van der Waals surface area contributed by atoms with Crippen LogP contribution in [0.1, 0.15) is 87.6 Å². The first kappa shape index (κ1) is 53.6.